The average molecular weight is 300 g/mol. The summed E-state index contributed by atoms with van der Waals surface area (Å²) in [7, 11) is 0. The second-order valence-electron chi connectivity index (χ2n) is 5.49. The molecule has 0 bridgehead atoms. The maximum atomic E-state index is 12.7. The van der Waals surface area contributed by atoms with Gasteiger partial charge in [0.05, 0.1) is 5.37 Å². The van der Waals surface area contributed by atoms with E-state index < -0.39 is 12.0 Å². The van der Waals surface area contributed by atoms with E-state index in [2.05, 4.69) is 0 Å². The number of carboxylic acid groups (broad SMARTS) is 1. The van der Waals surface area contributed by atoms with Gasteiger partial charge in [-0.15, -0.1) is 11.8 Å². The predicted molar refractivity (Wildman–Crippen MR) is 79.9 cm³/mol. The zero-order valence-electron chi connectivity index (χ0n) is 12.1. The molecule has 1 N–H and O–H groups in total. The van der Waals surface area contributed by atoms with Gasteiger partial charge in [0.25, 0.3) is 0 Å². The van der Waals surface area contributed by atoms with Crippen LogP contribution in [-0.2, 0) is 4.79 Å². The minimum absolute atomic E-state index is 0.00837. The highest BCUT2D eigenvalue weighted by Gasteiger charge is 2.42. The Balaban J connectivity index is 2.08. The quantitative estimate of drug-likeness (QED) is 0.851. The number of rotatable bonds is 2. The highest BCUT2D eigenvalue weighted by atomic mass is 32.2. The molecular formula is C14H24N2O3S. The summed E-state index contributed by atoms with van der Waals surface area (Å²) in [5.41, 5.74) is 0. The number of likely N-dealkylation sites (tertiary alicyclic amines) is 1. The van der Waals surface area contributed by atoms with Gasteiger partial charge in [-0.25, -0.2) is 9.59 Å². The van der Waals surface area contributed by atoms with Crippen LogP contribution in [0.5, 0.6) is 0 Å². The first-order chi connectivity index (χ1) is 9.65. The van der Waals surface area contributed by atoms with Gasteiger partial charge in [-0.05, 0) is 19.3 Å². The number of carboxylic acids is 1. The van der Waals surface area contributed by atoms with Crippen LogP contribution in [0.3, 0.4) is 0 Å². The Labute approximate surface area is 124 Å². The molecule has 0 saturated carbocycles. The first-order valence-corrected chi connectivity index (χ1v) is 8.61. The number of hydrogen-bond acceptors (Lipinski definition) is 3. The second-order valence-corrected chi connectivity index (χ2v) is 6.71. The third kappa shape index (κ3) is 3.40. The summed E-state index contributed by atoms with van der Waals surface area (Å²) in [5.74, 6) is -0.373. The Hall–Kier alpha value is -0.910. The van der Waals surface area contributed by atoms with Gasteiger partial charge in [0.1, 0.15) is 6.04 Å². The number of urea groups is 1. The monoisotopic (exact) mass is 300 g/mol. The van der Waals surface area contributed by atoms with Crippen LogP contribution in [0.2, 0.25) is 0 Å². The third-order valence-corrected chi connectivity index (χ3v) is 5.53. The number of hydrogen-bond donors (Lipinski definition) is 1. The molecule has 0 aromatic rings. The molecule has 0 spiro atoms. The Morgan fingerprint density at radius 2 is 1.75 bits per heavy atom. The molecule has 2 aliphatic heterocycles. The Morgan fingerprint density at radius 3 is 2.30 bits per heavy atom. The largest absolute Gasteiger partial charge is 0.480 e. The minimum atomic E-state index is -0.881. The maximum absolute atomic E-state index is 12.7. The lowest BCUT2D eigenvalue weighted by molar-refractivity contribution is -0.141. The number of carbonyl (C=O) groups excluding carboxylic acids is 1. The fraction of sp³-hybridized carbons (Fsp3) is 0.857. The molecular weight excluding hydrogens is 276 g/mol. The highest BCUT2D eigenvalue weighted by Crippen LogP contribution is 2.32. The molecule has 0 aromatic heterocycles. The van der Waals surface area contributed by atoms with Crippen LogP contribution in [0.15, 0.2) is 0 Å². The van der Waals surface area contributed by atoms with Gasteiger partial charge in [-0.3, -0.25) is 4.90 Å². The van der Waals surface area contributed by atoms with Crippen molar-refractivity contribution >= 4 is 23.8 Å². The van der Waals surface area contributed by atoms with Crippen molar-refractivity contribution in [1.29, 1.82) is 0 Å². The summed E-state index contributed by atoms with van der Waals surface area (Å²) >= 11 is 1.59. The van der Waals surface area contributed by atoms with Crippen molar-refractivity contribution in [3.63, 3.8) is 0 Å². The molecule has 114 valence electrons. The van der Waals surface area contributed by atoms with Gasteiger partial charge in [0.2, 0.25) is 0 Å². The Kier molecular flexibility index (Phi) is 5.57. The molecule has 2 unspecified atom stereocenters. The van der Waals surface area contributed by atoms with Gasteiger partial charge in [0, 0.05) is 18.8 Å². The molecule has 2 atom stereocenters. The first kappa shape index (κ1) is 15.5. The lowest BCUT2D eigenvalue weighted by Crippen LogP contribution is -2.52. The lowest BCUT2D eigenvalue weighted by Gasteiger charge is -2.34. The number of nitrogens with zero attached hydrogens (tertiary/aromatic N) is 2. The standard InChI is InChI=1S/C14H24N2O3S/c1-2-12-16(11(10-20-12)13(17)18)14(19)15-8-6-4-3-5-7-9-15/h11-12H,2-10H2,1H3,(H,17,18). The highest BCUT2D eigenvalue weighted by molar-refractivity contribution is 8.00. The van der Waals surface area contributed by atoms with Crippen molar-refractivity contribution < 1.29 is 14.7 Å². The van der Waals surface area contributed by atoms with Crippen LogP contribution in [-0.4, -0.2) is 57.2 Å². The second kappa shape index (κ2) is 7.20. The summed E-state index contributed by atoms with van der Waals surface area (Å²) in [4.78, 5) is 27.6. The van der Waals surface area contributed by atoms with Crippen molar-refractivity contribution in [2.24, 2.45) is 0 Å². The average Bonchev–Trinajstić information content (AvgIpc) is 2.81. The summed E-state index contributed by atoms with van der Waals surface area (Å²) in [5, 5.41) is 9.33. The molecule has 2 amide bonds. The Bertz CT molecular complexity index is 356. The van der Waals surface area contributed by atoms with E-state index in [9.17, 15) is 14.7 Å². The van der Waals surface area contributed by atoms with E-state index in [0.717, 1.165) is 45.2 Å². The van der Waals surface area contributed by atoms with Crippen molar-refractivity contribution in [2.45, 2.75) is 56.9 Å². The number of amides is 2. The fourth-order valence-electron chi connectivity index (χ4n) is 2.93. The third-order valence-electron chi connectivity index (χ3n) is 4.07. The Morgan fingerprint density at radius 1 is 1.15 bits per heavy atom. The molecule has 20 heavy (non-hydrogen) atoms. The van der Waals surface area contributed by atoms with Gasteiger partial charge in [-0.2, -0.15) is 0 Å². The summed E-state index contributed by atoms with van der Waals surface area (Å²) in [6.07, 6.45) is 6.43. The van der Waals surface area contributed by atoms with E-state index in [1.165, 1.54) is 6.42 Å². The van der Waals surface area contributed by atoms with Crippen LogP contribution in [0.25, 0.3) is 0 Å². The smallest absolute Gasteiger partial charge is 0.327 e. The van der Waals surface area contributed by atoms with E-state index in [1.54, 1.807) is 16.7 Å². The molecule has 5 nitrogen and oxygen atoms in total. The summed E-state index contributed by atoms with van der Waals surface area (Å²) in [6.45, 7) is 3.54. The predicted octanol–water partition coefficient (Wildman–Crippen LogP) is 2.61. The van der Waals surface area contributed by atoms with E-state index in [0.29, 0.717) is 5.75 Å². The van der Waals surface area contributed by atoms with Gasteiger partial charge < -0.3 is 10.0 Å². The SMILES string of the molecule is CCC1SCC(C(=O)O)N1C(=O)N1CCCCCCC1. The maximum Gasteiger partial charge on any atom is 0.327 e. The van der Waals surface area contributed by atoms with E-state index in [4.69, 9.17) is 0 Å². The van der Waals surface area contributed by atoms with E-state index in [-0.39, 0.29) is 11.4 Å². The van der Waals surface area contributed by atoms with Gasteiger partial charge >= 0.3 is 12.0 Å². The zero-order valence-corrected chi connectivity index (χ0v) is 12.9. The number of aliphatic carboxylic acids is 1. The van der Waals surface area contributed by atoms with Gasteiger partial charge in [-0.1, -0.05) is 26.2 Å². The topological polar surface area (TPSA) is 60.9 Å². The summed E-state index contributed by atoms with van der Waals surface area (Å²) < 4.78 is 0. The molecule has 2 heterocycles. The van der Waals surface area contributed by atoms with Crippen molar-refractivity contribution in [3.05, 3.63) is 0 Å². The van der Waals surface area contributed by atoms with Crippen molar-refractivity contribution in [1.82, 2.24) is 9.80 Å². The molecule has 2 aliphatic rings. The van der Waals surface area contributed by atoms with Crippen molar-refractivity contribution in [3.8, 4) is 0 Å². The lowest BCUT2D eigenvalue weighted by atomic mass is 10.1. The molecule has 0 radical (unpaired) electrons. The molecule has 2 saturated heterocycles. The van der Waals surface area contributed by atoms with Crippen LogP contribution < -0.4 is 0 Å². The molecule has 0 aromatic carbocycles. The van der Waals surface area contributed by atoms with Gasteiger partial charge in [0.15, 0.2) is 0 Å². The van der Waals surface area contributed by atoms with Crippen LogP contribution >= 0.6 is 11.8 Å². The minimum Gasteiger partial charge on any atom is -0.480 e. The van der Waals surface area contributed by atoms with E-state index >= 15 is 0 Å². The summed E-state index contributed by atoms with van der Waals surface area (Å²) in [6, 6.07) is -0.737. The number of carbonyl (C=O) groups is 2. The molecule has 2 fully saturated rings. The van der Waals surface area contributed by atoms with Crippen LogP contribution in [0, 0.1) is 0 Å². The molecule has 2 rings (SSSR count). The number of thioether (sulfide) groups is 1. The van der Waals surface area contributed by atoms with E-state index in [1.807, 2.05) is 11.8 Å². The normalized spacial score (nSPS) is 28.1. The van der Waals surface area contributed by atoms with Crippen LogP contribution in [0.4, 0.5) is 4.79 Å². The van der Waals surface area contributed by atoms with Crippen LogP contribution in [0.1, 0.15) is 45.4 Å². The zero-order chi connectivity index (χ0) is 14.5. The van der Waals surface area contributed by atoms with Crippen molar-refractivity contribution in [2.75, 3.05) is 18.8 Å². The first-order valence-electron chi connectivity index (χ1n) is 7.56. The fourth-order valence-corrected chi connectivity index (χ4v) is 4.27. The molecule has 6 heteroatoms. The molecule has 0 aliphatic carbocycles.